The fourth-order valence-corrected chi connectivity index (χ4v) is 3.34. The Morgan fingerprint density at radius 3 is 2.16 bits per heavy atom. The van der Waals surface area contributed by atoms with Crippen molar-refractivity contribution in [3.63, 3.8) is 0 Å². The topological polar surface area (TPSA) is 73.8 Å². The first kappa shape index (κ1) is 23.7. The van der Waals surface area contributed by atoms with Gasteiger partial charge in [-0.2, -0.15) is 0 Å². The molecule has 0 fully saturated rings. The van der Waals surface area contributed by atoms with E-state index < -0.39 is 9.84 Å². The van der Waals surface area contributed by atoms with Gasteiger partial charge in [-0.3, -0.25) is 9.89 Å². The third-order valence-corrected chi connectivity index (χ3v) is 4.95. The first-order valence-electron chi connectivity index (χ1n) is 8.75. The molecule has 6 nitrogen and oxygen atoms in total. The average Bonchev–Trinajstić information content (AvgIpc) is 2.51. The second kappa shape index (κ2) is 12.1. The summed E-state index contributed by atoms with van der Waals surface area (Å²) in [5, 5.41) is 6.61. The second-order valence-corrected chi connectivity index (χ2v) is 9.02. The summed E-state index contributed by atoms with van der Waals surface area (Å²) in [6.45, 7) is 16.3. The van der Waals surface area contributed by atoms with E-state index in [1.807, 2.05) is 19.1 Å². The number of sulfone groups is 1. The van der Waals surface area contributed by atoms with Crippen molar-refractivity contribution < 1.29 is 8.42 Å². The van der Waals surface area contributed by atoms with Gasteiger partial charge in [-0.15, -0.1) is 13.2 Å². The van der Waals surface area contributed by atoms with Crippen molar-refractivity contribution in [3.8, 4) is 0 Å². The van der Waals surface area contributed by atoms with Crippen LogP contribution in [0.5, 0.6) is 0 Å². The smallest absolute Gasteiger partial charge is 0.191 e. The van der Waals surface area contributed by atoms with Crippen LogP contribution in [0.4, 0.5) is 0 Å². The van der Waals surface area contributed by atoms with Gasteiger partial charge in [0.05, 0.1) is 5.75 Å². The summed E-state index contributed by atoms with van der Waals surface area (Å²) in [5.41, 5.74) is 0. The third kappa shape index (κ3) is 11.0. The second-order valence-electron chi connectivity index (χ2n) is 6.76. The summed E-state index contributed by atoms with van der Waals surface area (Å²) in [7, 11) is -1.23. The van der Waals surface area contributed by atoms with Crippen molar-refractivity contribution in [2.24, 2.45) is 10.9 Å². The molecule has 0 aromatic heterocycles. The number of hydrogen-bond donors (Lipinski definition) is 2. The maximum Gasteiger partial charge on any atom is 0.191 e. The first-order valence-corrected chi connectivity index (χ1v) is 10.8. The molecule has 0 saturated carbocycles. The van der Waals surface area contributed by atoms with Crippen LogP contribution in [0.15, 0.2) is 30.3 Å². The highest BCUT2D eigenvalue weighted by Gasteiger charge is 2.20. The Hall–Kier alpha value is -1.34. The van der Waals surface area contributed by atoms with Crippen molar-refractivity contribution >= 4 is 15.8 Å². The van der Waals surface area contributed by atoms with Crippen molar-refractivity contribution in [1.82, 2.24) is 15.5 Å². The summed E-state index contributed by atoms with van der Waals surface area (Å²) in [4.78, 5) is 6.56. The Bertz CT molecular complexity index is 519. The van der Waals surface area contributed by atoms with E-state index in [2.05, 4.69) is 47.5 Å². The normalized spacial score (nSPS) is 15.1. The lowest BCUT2D eigenvalue weighted by Gasteiger charge is -2.33. The number of rotatable bonds is 12. The fraction of sp³-hybridized carbons (Fsp3) is 0.722. The van der Waals surface area contributed by atoms with E-state index in [1.54, 1.807) is 7.05 Å². The molecule has 0 aliphatic rings. The van der Waals surface area contributed by atoms with Crippen molar-refractivity contribution in [2.75, 3.05) is 38.7 Å². The maximum atomic E-state index is 11.3. The number of guanidine groups is 1. The zero-order chi connectivity index (χ0) is 19.5. The van der Waals surface area contributed by atoms with Crippen LogP contribution in [0.1, 0.15) is 27.2 Å². The van der Waals surface area contributed by atoms with Gasteiger partial charge in [0.15, 0.2) is 5.96 Å². The lowest BCUT2D eigenvalue weighted by Crippen LogP contribution is -2.51. The highest BCUT2D eigenvalue weighted by molar-refractivity contribution is 7.90. The molecular formula is C18H36N4O2S. The average molecular weight is 373 g/mol. The van der Waals surface area contributed by atoms with Crippen LogP contribution in [0, 0.1) is 5.92 Å². The highest BCUT2D eigenvalue weighted by atomic mass is 32.2. The monoisotopic (exact) mass is 372 g/mol. The van der Waals surface area contributed by atoms with Gasteiger partial charge >= 0.3 is 0 Å². The van der Waals surface area contributed by atoms with Gasteiger partial charge in [-0.25, -0.2) is 8.42 Å². The van der Waals surface area contributed by atoms with Crippen LogP contribution in [-0.2, 0) is 9.84 Å². The van der Waals surface area contributed by atoms with Gasteiger partial charge in [0.2, 0.25) is 0 Å². The standard InChI is InChI=1S/C18H36N4O2S/c1-8-11-22(12-9-2)17(15(3)4)14-20-18(19-6)21-16(5)10-13-25(7,23)24/h8-9,15-17H,1-2,10-14H2,3-7H3,(H2,19,20,21). The molecule has 7 heteroatoms. The minimum absolute atomic E-state index is 0.0240. The molecule has 0 heterocycles. The molecule has 2 N–H and O–H groups in total. The molecule has 0 aromatic rings. The highest BCUT2D eigenvalue weighted by Crippen LogP contribution is 2.10. The molecule has 0 spiro atoms. The minimum atomic E-state index is -2.95. The van der Waals surface area contributed by atoms with Crippen LogP contribution >= 0.6 is 0 Å². The molecule has 0 aliphatic heterocycles. The first-order chi connectivity index (χ1) is 11.6. The quantitative estimate of drug-likeness (QED) is 0.310. The van der Waals surface area contributed by atoms with Crippen LogP contribution in [0.3, 0.4) is 0 Å². The number of nitrogens with zero attached hydrogens (tertiary/aromatic N) is 2. The summed E-state index contributed by atoms with van der Waals surface area (Å²) >= 11 is 0. The molecule has 0 rings (SSSR count). The largest absolute Gasteiger partial charge is 0.355 e. The van der Waals surface area contributed by atoms with Crippen LogP contribution in [-0.4, -0.2) is 70.1 Å². The molecule has 146 valence electrons. The zero-order valence-electron chi connectivity index (χ0n) is 16.5. The molecular weight excluding hydrogens is 336 g/mol. The molecule has 0 radical (unpaired) electrons. The lowest BCUT2D eigenvalue weighted by molar-refractivity contribution is 0.190. The van der Waals surface area contributed by atoms with Gasteiger partial charge in [-0.05, 0) is 19.3 Å². The molecule has 0 amide bonds. The Morgan fingerprint density at radius 1 is 1.20 bits per heavy atom. The molecule has 2 unspecified atom stereocenters. The SMILES string of the molecule is C=CCN(CC=C)C(CNC(=NC)NC(C)CCS(C)(=O)=O)C(C)C. The van der Waals surface area contributed by atoms with E-state index in [-0.39, 0.29) is 11.8 Å². The van der Waals surface area contributed by atoms with E-state index in [0.29, 0.717) is 24.3 Å². The zero-order valence-corrected chi connectivity index (χ0v) is 17.3. The fourth-order valence-electron chi connectivity index (χ4n) is 2.56. The Morgan fingerprint density at radius 2 is 1.76 bits per heavy atom. The predicted octanol–water partition coefficient (Wildman–Crippen LogP) is 1.67. The van der Waals surface area contributed by atoms with E-state index >= 15 is 0 Å². The summed E-state index contributed by atoms with van der Waals surface area (Å²) < 4.78 is 22.6. The maximum absolute atomic E-state index is 11.3. The van der Waals surface area contributed by atoms with Crippen LogP contribution < -0.4 is 10.6 Å². The van der Waals surface area contributed by atoms with Gasteiger partial charge in [0, 0.05) is 45.0 Å². The van der Waals surface area contributed by atoms with Gasteiger partial charge in [0.25, 0.3) is 0 Å². The van der Waals surface area contributed by atoms with E-state index in [4.69, 9.17) is 0 Å². The van der Waals surface area contributed by atoms with E-state index in [1.165, 1.54) is 6.26 Å². The molecule has 0 aliphatic carbocycles. The third-order valence-electron chi connectivity index (χ3n) is 3.97. The van der Waals surface area contributed by atoms with Gasteiger partial charge in [0.1, 0.15) is 9.84 Å². The number of aliphatic imine (C=N–C) groups is 1. The minimum Gasteiger partial charge on any atom is -0.355 e. The summed E-state index contributed by atoms with van der Waals surface area (Å²) in [5.74, 6) is 1.30. The molecule has 0 bridgehead atoms. The van der Waals surface area contributed by atoms with Gasteiger partial charge in [-0.1, -0.05) is 26.0 Å². The summed E-state index contributed by atoms with van der Waals surface area (Å²) in [6.07, 6.45) is 5.61. The number of hydrogen-bond acceptors (Lipinski definition) is 4. The van der Waals surface area contributed by atoms with E-state index in [9.17, 15) is 8.42 Å². The van der Waals surface area contributed by atoms with E-state index in [0.717, 1.165) is 19.6 Å². The molecule has 25 heavy (non-hydrogen) atoms. The molecule has 0 saturated heterocycles. The van der Waals surface area contributed by atoms with Crippen molar-refractivity contribution in [1.29, 1.82) is 0 Å². The summed E-state index contributed by atoms with van der Waals surface area (Å²) in [6, 6.07) is 0.330. The van der Waals surface area contributed by atoms with Crippen molar-refractivity contribution in [3.05, 3.63) is 25.3 Å². The van der Waals surface area contributed by atoms with Crippen LogP contribution in [0.2, 0.25) is 0 Å². The Balaban J connectivity index is 4.72. The lowest BCUT2D eigenvalue weighted by atomic mass is 10.0. The Labute approximate surface area is 154 Å². The molecule has 0 aromatic carbocycles. The Kier molecular flexibility index (Phi) is 11.4. The molecule has 2 atom stereocenters. The number of nitrogens with one attached hydrogen (secondary N) is 2. The van der Waals surface area contributed by atoms with Crippen LogP contribution in [0.25, 0.3) is 0 Å². The van der Waals surface area contributed by atoms with Crippen molar-refractivity contribution in [2.45, 2.75) is 39.3 Å². The predicted molar refractivity (Wildman–Crippen MR) is 109 cm³/mol. The van der Waals surface area contributed by atoms with Gasteiger partial charge < -0.3 is 10.6 Å².